The van der Waals surface area contributed by atoms with Gasteiger partial charge in [0.1, 0.15) is 0 Å². The van der Waals surface area contributed by atoms with Crippen LogP contribution in [0.5, 0.6) is 0 Å². The molecule has 12 aromatic rings. The summed E-state index contributed by atoms with van der Waals surface area (Å²) >= 11 is 0. The number of pyridine rings is 1. The van der Waals surface area contributed by atoms with E-state index in [1.165, 1.54) is 59.8 Å². The average Bonchev–Trinajstić information content (AvgIpc) is 3.62. The molecular formula is C56H33N3. The van der Waals surface area contributed by atoms with E-state index in [2.05, 4.69) is 187 Å². The molecule has 0 bridgehead atoms. The molecule has 272 valence electrons. The molecule has 59 heavy (non-hydrogen) atoms. The lowest BCUT2D eigenvalue weighted by molar-refractivity contribution is 1.20. The predicted molar refractivity (Wildman–Crippen MR) is 247 cm³/mol. The summed E-state index contributed by atoms with van der Waals surface area (Å²) in [5.41, 5.74) is 11.9. The van der Waals surface area contributed by atoms with Crippen LogP contribution in [-0.2, 0) is 0 Å². The van der Waals surface area contributed by atoms with E-state index < -0.39 is 0 Å². The molecule has 2 heterocycles. The molecule has 2 aromatic heterocycles. The van der Waals surface area contributed by atoms with Crippen molar-refractivity contribution in [1.82, 2.24) is 9.55 Å². The first-order valence-corrected chi connectivity index (χ1v) is 20.0. The van der Waals surface area contributed by atoms with Gasteiger partial charge in [0.15, 0.2) is 0 Å². The van der Waals surface area contributed by atoms with E-state index in [-0.39, 0.29) is 0 Å². The Labute approximate surface area is 340 Å². The Bertz CT molecular complexity index is 3740. The van der Waals surface area contributed by atoms with Crippen molar-refractivity contribution in [2.24, 2.45) is 0 Å². The zero-order valence-electron chi connectivity index (χ0n) is 31.9. The largest absolute Gasteiger partial charge is 0.309 e. The molecule has 0 radical (unpaired) electrons. The van der Waals surface area contributed by atoms with Crippen LogP contribution in [-0.4, -0.2) is 9.55 Å². The van der Waals surface area contributed by atoms with E-state index in [4.69, 9.17) is 4.98 Å². The fourth-order valence-electron chi connectivity index (χ4n) is 9.62. The highest BCUT2D eigenvalue weighted by atomic mass is 15.0. The van der Waals surface area contributed by atoms with Gasteiger partial charge >= 0.3 is 0 Å². The highest BCUT2D eigenvalue weighted by Crippen LogP contribution is 2.48. The number of fused-ring (bicyclic) bond motifs is 8. The summed E-state index contributed by atoms with van der Waals surface area (Å²) in [5, 5.41) is 22.9. The normalized spacial score (nSPS) is 11.7. The lowest BCUT2D eigenvalue weighted by Gasteiger charge is -2.20. The maximum atomic E-state index is 10.0. The molecule has 10 aromatic carbocycles. The van der Waals surface area contributed by atoms with E-state index in [1.807, 2.05) is 24.4 Å². The summed E-state index contributed by atoms with van der Waals surface area (Å²) in [5.74, 6) is 0. The number of hydrogen-bond acceptors (Lipinski definition) is 2. The minimum atomic E-state index is 0.645. The van der Waals surface area contributed by atoms with Crippen molar-refractivity contribution in [3.8, 4) is 45.1 Å². The van der Waals surface area contributed by atoms with Crippen LogP contribution < -0.4 is 0 Å². The summed E-state index contributed by atoms with van der Waals surface area (Å²) in [4.78, 5) is 4.97. The highest BCUT2D eigenvalue weighted by molar-refractivity contribution is 6.25. The van der Waals surface area contributed by atoms with Crippen molar-refractivity contribution in [1.29, 1.82) is 5.26 Å². The number of hydrogen-bond donors (Lipinski definition) is 0. The average molecular weight is 748 g/mol. The number of aromatic nitrogens is 2. The Morgan fingerprint density at radius 2 is 0.932 bits per heavy atom. The first-order valence-electron chi connectivity index (χ1n) is 20.0. The van der Waals surface area contributed by atoms with Crippen LogP contribution in [0, 0.1) is 11.3 Å². The molecule has 3 nitrogen and oxygen atoms in total. The van der Waals surface area contributed by atoms with Crippen molar-refractivity contribution >= 4 is 75.8 Å². The highest BCUT2D eigenvalue weighted by Gasteiger charge is 2.21. The Kier molecular flexibility index (Phi) is 7.29. The van der Waals surface area contributed by atoms with Crippen LogP contribution in [0.1, 0.15) is 5.56 Å². The molecule has 0 fully saturated rings. The van der Waals surface area contributed by atoms with Crippen LogP contribution in [0.4, 0.5) is 0 Å². The maximum Gasteiger partial charge on any atom is 0.0991 e. The minimum Gasteiger partial charge on any atom is -0.309 e. The van der Waals surface area contributed by atoms with E-state index >= 15 is 0 Å². The standard InChI is InChI=1S/C56H33N3/c57-34-35-24-28-52-48(31-35)49-32-40(26-29-53(49)59(52)51-23-9-14-37-12-2-4-18-42(37)51)39-25-27-46-50(33-39)55(47-22-8-15-38-16-10-30-58-56(38)47)45-20-6-5-19-44(45)54(46)43-21-7-13-36-11-1-3-17-41(36)43/h1-33H. The monoisotopic (exact) mass is 747 g/mol. The van der Waals surface area contributed by atoms with Crippen LogP contribution >= 0.6 is 0 Å². The minimum absolute atomic E-state index is 0.645. The van der Waals surface area contributed by atoms with E-state index in [0.717, 1.165) is 55.1 Å². The molecule has 0 aliphatic carbocycles. The topological polar surface area (TPSA) is 41.6 Å². The maximum absolute atomic E-state index is 10.0. The molecule has 0 saturated heterocycles. The zero-order chi connectivity index (χ0) is 39.0. The third-order valence-electron chi connectivity index (χ3n) is 12.2. The van der Waals surface area contributed by atoms with Crippen molar-refractivity contribution in [3.05, 3.63) is 206 Å². The lowest BCUT2D eigenvalue weighted by Crippen LogP contribution is -1.95. The van der Waals surface area contributed by atoms with Crippen LogP contribution in [0.3, 0.4) is 0 Å². The summed E-state index contributed by atoms with van der Waals surface area (Å²) in [6.45, 7) is 0. The van der Waals surface area contributed by atoms with Gasteiger partial charge < -0.3 is 4.57 Å². The van der Waals surface area contributed by atoms with E-state index in [9.17, 15) is 5.26 Å². The molecule has 0 aliphatic heterocycles. The number of benzene rings is 10. The summed E-state index contributed by atoms with van der Waals surface area (Å²) in [6.07, 6.45) is 1.90. The second kappa shape index (κ2) is 13.0. The SMILES string of the molecule is N#Cc1ccc2c(c1)c1cc(-c3ccc4c(-c5cccc6ccccc56)c5ccccc5c(-c5cccc6cccnc56)c4c3)ccc1n2-c1cccc2ccccc12. The molecule has 0 atom stereocenters. The summed E-state index contributed by atoms with van der Waals surface area (Å²) < 4.78 is 2.35. The molecule has 0 N–H and O–H groups in total. The lowest BCUT2D eigenvalue weighted by atomic mass is 9.83. The third kappa shape index (κ3) is 5.04. The first-order chi connectivity index (χ1) is 29.2. The van der Waals surface area contributed by atoms with Gasteiger partial charge in [0.25, 0.3) is 0 Å². The van der Waals surface area contributed by atoms with Crippen molar-refractivity contribution < 1.29 is 0 Å². The van der Waals surface area contributed by atoms with Gasteiger partial charge in [-0.3, -0.25) is 4.98 Å². The molecule has 0 saturated carbocycles. The Morgan fingerprint density at radius 1 is 0.390 bits per heavy atom. The Hall–Kier alpha value is -8.06. The number of nitriles is 1. The van der Waals surface area contributed by atoms with E-state index in [1.54, 1.807) is 0 Å². The second-order valence-electron chi connectivity index (χ2n) is 15.4. The molecule has 0 spiro atoms. The molecular weight excluding hydrogens is 715 g/mol. The quantitative estimate of drug-likeness (QED) is 0.168. The fraction of sp³-hybridized carbons (Fsp3) is 0. The van der Waals surface area contributed by atoms with Crippen LogP contribution in [0.15, 0.2) is 200 Å². The summed E-state index contributed by atoms with van der Waals surface area (Å²) in [7, 11) is 0. The van der Waals surface area contributed by atoms with Gasteiger partial charge in [-0.05, 0) is 114 Å². The number of rotatable bonds is 4. The van der Waals surface area contributed by atoms with E-state index in [0.29, 0.717) is 5.56 Å². The van der Waals surface area contributed by atoms with Gasteiger partial charge in [0.05, 0.1) is 33.9 Å². The first kappa shape index (κ1) is 33.1. The van der Waals surface area contributed by atoms with Gasteiger partial charge in [0, 0.05) is 33.3 Å². The van der Waals surface area contributed by atoms with Gasteiger partial charge in [-0.2, -0.15) is 5.26 Å². The molecule has 12 rings (SSSR count). The molecule has 0 unspecified atom stereocenters. The van der Waals surface area contributed by atoms with Gasteiger partial charge in [-0.15, -0.1) is 0 Å². The second-order valence-corrected chi connectivity index (χ2v) is 15.4. The molecule has 0 aliphatic rings. The molecule has 3 heteroatoms. The van der Waals surface area contributed by atoms with Gasteiger partial charge in [0.2, 0.25) is 0 Å². The van der Waals surface area contributed by atoms with Crippen LogP contribution in [0.25, 0.3) is 115 Å². The van der Waals surface area contributed by atoms with Crippen molar-refractivity contribution in [3.63, 3.8) is 0 Å². The number of para-hydroxylation sites is 1. The van der Waals surface area contributed by atoms with Crippen molar-refractivity contribution in [2.75, 3.05) is 0 Å². The summed E-state index contributed by atoms with van der Waals surface area (Å²) in [6, 6.07) is 72.2. The number of nitrogens with zero attached hydrogens (tertiary/aromatic N) is 3. The van der Waals surface area contributed by atoms with Crippen LogP contribution in [0.2, 0.25) is 0 Å². The predicted octanol–water partition coefficient (Wildman–Crippen LogP) is 14.8. The Morgan fingerprint density at radius 3 is 1.71 bits per heavy atom. The van der Waals surface area contributed by atoms with Crippen molar-refractivity contribution in [2.45, 2.75) is 0 Å². The fourth-order valence-corrected chi connectivity index (χ4v) is 9.62. The third-order valence-corrected chi connectivity index (χ3v) is 12.2. The smallest absolute Gasteiger partial charge is 0.0991 e. The Balaban J connectivity index is 1.17. The van der Waals surface area contributed by atoms with Gasteiger partial charge in [-0.1, -0.05) is 146 Å². The molecule has 0 amide bonds. The zero-order valence-corrected chi connectivity index (χ0v) is 31.9. The van der Waals surface area contributed by atoms with Gasteiger partial charge in [-0.25, -0.2) is 0 Å².